The van der Waals surface area contributed by atoms with Crippen LogP contribution in [0.15, 0.2) is 47.4 Å². The Balaban J connectivity index is 2.22. The first kappa shape index (κ1) is 20.5. The van der Waals surface area contributed by atoms with Crippen molar-refractivity contribution in [2.75, 3.05) is 19.5 Å². The second-order valence-corrected chi connectivity index (χ2v) is 7.22. The van der Waals surface area contributed by atoms with Crippen LogP contribution in [0.3, 0.4) is 0 Å². The van der Waals surface area contributed by atoms with Gasteiger partial charge in [-0.1, -0.05) is 17.7 Å². The summed E-state index contributed by atoms with van der Waals surface area (Å²) in [5.41, 5.74) is 1.72. The van der Waals surface area contributed by atoms with E-state index in [-0.39, 0.29) is 22.7 Å². The van der Waals surface area contributed by atoms with Gasteiger partial charge in [-0.3, -0.25) is 4.79 Å². The standard InChI is InChI=1S/C20H21NO5S/c1-12-5-8-15(9-6-12)27-13(2)18(22)21-17-11-14(19(23)25-3)7-10-16(17)20(24)26-4/h5-11,13H,1-4H3,(H,21,22). The number of esters is 2. The van der Waals surface area contributed by atoms with Gasteiger partial charge in [-0.2, -0.15) is 0 Å². The molecule has 0 saturated heterocycles. The predicted octanol–water partition coefficient (Wildman–Crippen LogP) is 3.69. The molecular weight excluding hydrogens is 366 g/mol. The normalized spacial score (nSPS) is 11.4. The first-order valence-corrected chi connectivity index (χ1v) is 9.08. The van der Waals surface area contributed by atoms with E-state index in [9.17, 15) is 14.4 Å². The highest BCUT2D eigenvalue weighted by Crippen LogP contribution is 2.26. The van der Waals surface area contributed by atoms with Crippen LogP contribution < -0.4 is 5.32 Å². The highest BCUT2D eigenvalue weighted by Gasteiger charge is 2.20. The van der Waals surface area contributed by atoms with E-state index in [1.54, 1.807) is 6.92 Å². The molecule has 0 spiro atoms. The first-order chi connectivity index (χ1) is 12.8. The number of benzene rings is 2. The van der Waals surface area contributed by atoms with Crippen molar-refractivity contribution in [1.82, 2.24) is 0 Å². The minimum absolute atomic E-state index is 0.158. The van der Waals surface area contributed by atoms with Crippen LogP contribution in [0.25, 0.3) is 0 Å². The summed E-state index contributed by atoms with van der Waals surface area (Å²) in [5, 5.41) is 2.29. The third-order valence-corrected chi connectivity index (χ3v) is 4.92. The summed E-state index contributed by atoms with van der Waals surface area (Å²) in [5.74, 6) is -1.47. The molecule has 27 heavy (non-hydrogen) atoms. The molecule has 6 nitrogen and oxygen atoms in total. The van der Waals surface area contributed by atoms with Crippen LogP contribution in [-0.4, -0.2) is 37.3 Å². The number of ether oxygens (including phenoxy) is 2. The molecule has 0 saturated carbocycles. The average Bonchev–Trinajstić information content (AvgIpc) is 2.68. The Morgan fingerprint density at radius 1 is 0.963 bits per heavy atom. The summed E-state index contributed by atoms with van der Waals surface area (Å²) in [6, 6.07) is 12.1. The first-order valence-electron chi connectivity index (χ1n) is 8.20. The zero-order valence-corrected chi connectivity index (χ0v) is 16.4. The average molecular weight is 387 g/mol. The Hall–Kier alpha value is -2.80. The molecule has 0 aliphatic heterocycles. The summed E-state index contributed by atoms with van der Waals surface area (Å²) < 4.78 is 9.43. The number of methoxy groups -OCH3 is 2. The van der Waals surface area contributed by atoms with Gasteiger partial charge in [0, 0.05) is 4.90 Å². The Kier molecular flexibility index (Phi) is 7.01. The molecule has 0 aliphatic rings. The number of carbonyl (C=O) groups is 3. The maximum Gasteiger partial charge on any atom is 0.339 e. The number of hydrogen-bond donors (Lipinski definition) is 1. The largest absolute Gasteiger partial charge is 0.465 e. The zero-order valence-electron chi connectivity index (χ0n) is 15.6. The van der Waals surface area contributed by atoms with Crippen LogP contribution in [0, 0.1) is 6.92 Å². The van der Waals surface area contributed by atoms with Crippen molar-refractivity contribution in [2.24, 2.45) is 0 Å². The van der Waals surface area contributed by atoms with E-state index in [0.717, 1.165) is 10.5 Å². The second kappa shape index (κ2) is 9.23. The maximum atomic E-state index is 12.6. The van der Waals surface area contributed by atoms with Gasteiger partial charge in [0.05, 0.1) is 36.3 Å². The fourth-order valence-electron chi connectivity index (χ4n) is 2.29. The van der Waals surface area contributed by atoms with Crippen molar-refractivity contribution < 1.29 is 23.9 Å². The number of thioether (sulfide) groups is 1. The van der Waals surface area contributed by atoms with Gasteiger partial charge < -0.3 is 14.8 Å². The van der Waals surface area contributed by atoms with Gasteiger partial charge in [0.2, 0.25) is 5.91 Å². The number of anilines is 1. The molecule has 2 rings (SSSR count). The smallest absolute Gasteiger partial charge is 0.339 e. The Morgan fingerprint density at radius 3 is 2.19 bits per heavy atom. The van der Waals surface area contributed by atoms with E-state index in [2.05, 4.69) is 10.1 Å². The lowest BCUT2D eigenvalue weighted by Gasteiger charge is -2.15. The Bertz CT molecular complexity index is 848. The molecule has 2 aromatic rings. The van der Waals surface area contributed by atoms with Crippen LogP contribution in [0.2, 0.25) is 0 Å². The lowest BCUT2D eigenvalue weighted by atomic mass is 10.1. The van der Waals surface area contributed by atoms with Crippen molar-refractivity contribution in [3.8, 4) is 0 Å². The van der Waals surface area contributed by atoms with Crippen molar-refractivity contribution in [3.63, 3.8) is 0 Å². The van der Waals surface area contributed by atoms with Crippen molar-refractivity contribution in [2.45, 2.75) is 24.0 Å². The van der Waals surface area contributed by atoms with E-state index < -0.39 is 17.2 Å². The summed E-state index contributed by atoms with van der Waals surface area (Å²) >= 11 is 1.39. The third-order valence-electron chi connectivity index (χ3n) is 3.81. The van der Waals surface area contributed by atoms with Crippen LogP contribution in [0.4, 0.5) is 5.69 Å². The number of rotatable bonds is 6. The highest BCUT2D eigenvalue weighted by atomic mass is 32.2. The lowest BCUT2D eigenvalue weighted by Crippen LogP contribution is -2.24. The quantitative estimate of drug-likeness (QED) is 0.601. The molecule has 0 aromatic heterocycles. The Labute approximate surface area is 162 Å². The van der Waals surface area contributed by atoms with Gasteiger partial charge in [-0.15, -0.1) is 11.8 Å². The van der Waals surface area contributed by atoms with E-state index in [1.165, 1.54) is 44.2 Å². The molecule has 0 fully saturated rings. The van der Waals surface area contributed by atoms with Gasteiger partial charge in [0.1, 0.15) is 0 Å². The van der Waals surface area contributed by atoms with Crippen molar-refractivity contribution >= 4 is 35.3 Å². The summed E-state index contributed by atoms with van der Waals surface area (Å²) in [6.45, 7) is 3.76. The molecule has 2 aromatic carbocycles. The zero-order chi connectivity index (χ0) is 20.0. The molecule has 0 heterocycles. The predicted molar refractivity (Wildman–Crippen MR) is 104 cm³/mol. The molecule has 7 heteroatoms. The monoisotopic (exact) mass is 387 g/mol. The molecule has 1 N–H and O–H groups in total. The number of amides is 1. The van der Waals surface area contributed by atoms with Crippen LogP contribution in [-0.2, 0) is 14.3 Å². The fourth-order valence-corrected chi connectivity index (χ4v) is 3.16. The number of nitrogens with one attached hydrogen (secondary N) is 1. The van der Waals surface area contributed by atoms with Gasteiger partial charge in [-0.25, -0.2) is 9.59 Å². The van der Waals surface area contributed by atoms with E-state index in [4.69, 9.17) is 4.74 Å². The number of hydrogen-bond acceptors (Lipinski definition) is 6. The number of carbonyl (C=O) groups excluding carboxylic acids is 3. The van der Waals surface area contributed by atoms with E-state index in [0.29, 0.717) is 0 Å². The fraction of sp³-hybridized carbons (Fsp3) is 0.250. The molecule has 1 unspecified atom stereocenters. The lowest BCUT2D eigenvalue weighted by molar-refractivity contribution is -0.115. The molecule has 0 bridgehead atoms. The summed E-state index contributed by atoms with van der Waals surface area (Å²) in [4.78, 5) is 37.3. The Morgan fingerprint density at radius 2 is 1.59 bits per heavy atom. The molecule has 0 aliphatic carbocycles. The van der Waals surface area contributed by atoms with Gasteiger partial charge >= 0.3 is 11.9 Å². The number of aryl methyl sites for hydroxylation is 1. The summed E-state index contributed by atoms with van der Waals surface area (Å²) in [6.07, 6.45) is 0. The van der Waals surface area contributed by atoms with Crippen LogP contribution >= 0.6 is 11.8 Å². The molecule has 0 radical (unpaired) electrons. The minimum atomic E-state index is -0.611. The van der Waals surface area contributed by atoms with Gasteiger partial charge in [0.15, 0.2) is 0 Å². The van der Waals surface area contributed by atoms with Crippen LogP contribution in [0.1, 0.15) is 33.2 Å². The van der Waals surface area contributed by atoms with Crippen LogP contribution in [0.5, 0.6) is 0 Å². The molecule has 1 atom stereocenters. The molecular formula is C20H21NO5S. The summed E-state index contributed by atoms with van der Waals surface area (Å²) in [7, 11) is 2.51. The third kappa shape index (κ3) is 5.34. The molecule has 142 valence electrons. The molecule has 1 amide bonds. The maximum absolute atomic E-state index is 12.6. The van der Waals surface area contributed by atoms with E-state index >= 15 is 0 Å². The van der Waals surface area contributed by atoms with Crippen molar-refractivity contribution in [1.29, 1.82) is 0 Å². The SMILES string of the molecule is COC(=O)c1ccc(C(=O)OC)c(NC(=O)C(C)Sc2ccc(C)cc2)c1. The highest BCUT2D eigenvalue weighted by molar-refractivity contribution is 8.00. The van der Waals surface area contributed by atoms with Gasteiger partial charge in [0.25, 0.3) is 0 Å². The second-order valence-electron chi connectivity index (χ2n) is 5.81. The van der Waals surface area contributed by atoms with E-state index in [1.807, 2.05) is 31.2 Å². The van der Waals surface area contributed by atoms with Crippen molar-refractivity contribution in [3.05, 3.63) is 59.2 Å². The minimum Gasteiger partial charge on any atom is -0.465 e. The van der Waals surface area contributed by atoms with Gasteiger partial charge in [-0.05, 0) is 44.2 Å². The topological polar surface area (TPSA) is 81.7 Å².